The van der Waals surface area contributed by atoms with E-state index in [2.05, 4.69) is 48.3 Å². The van der Waals surface area contributed by atoms with Crippen LogP contribution in [-0.4, -0.2) is 20.5 Å². The predicted octanol–water partition coefficient (Wildman–Crippen LogP) is 3.95. The van der Waals surface area contributed by atoms with Gasteiger partial charge in [0, 0.05) is 5.69 Å². The number of rotatable bonds is 4. The van der Waals surface area contributed by atoms with Crippen LogP contribution in [0.15, 0.2) is 52.2 Å². The van der Waals surface area contributed by atoms with Crippen molar-refractivity contribution in [1.82, 2.24) is 14.8 Å². The molecule has 0 atom stereocenters. The van der Waals surface area contributed by atoms with E-state index < -0.39 is 0 Å². The van der Waals surface area contributed by atoms with Crippen LogP contribution in [-0.2, 0) is 0 Å². The van der Waals surface area contributed by atoms with Crippen molar-refractivity contribution in [2.45, 2.75) is 19.0 Å². The molecule has 3 aromatic rings. The molecule has 20 heavy (non-hydrogen) atoms. The number of furan rings is 1. The molecule has 0 aliphatic rings. The molecule has 0 radical (unpaired) electrons. The molecular weight excluding hydrogens is 270 g/mol. The first-order valence-electron chi connectivity index (χ1n) is 6.48. The van der Waals surface area contributed by atoms with Gasteiger partial charge in [-0.15, -0.1) is 10.2 Å². The molecule has 2 heterocycles. The minimum Gasteiger partial charge on any atom is -0.461 e. The first kappa shape index (κ1) is 13.0. The van der Waals surface area contributed by atoms with Crippen LogP contribution in [0.25, 0.3) is 17.3 Å². The molecule has 102 valence electrons. The van der Waals surface area contributed by atoms with E-state index >= 15 is 0 Å². The molecule has 4 nitrogen and oxygen atoms in total. The van der Waals surface area contributed by atoms with Crippen LogP contribution in [0, 0.1) is 6.92 Å². The Balaban J connectivity index is 2.15. The van der Waals surface area contributed by atoms with Gasteiger partial charge in [0.15, 0.2) is 10.9 Å². The van der Waals surface area contributed by atoms with Crippen LogP contribution in [0.1, 0.15) is 12.5 Å². The molecule has 0 unspecified atom stereocenters. The highest BCUT2D eigenvalue weighted by molar-refractivity contribution is 7.99. The number of aromatic nitrogens is 3. The zero-order valence-electron chi connectivity index (χ0n) is 11.4. The third-order valence-corrected chi connectivity index (χ3v) is 3.75. The van der Waals surface area contributed by atoms with Crippen molar-refractivity contribution in [3.8, 4) is 17.3 Å². The summed E-state index contributed by atoms with van der Waals surface area (Å²) in [5.74, 6) is 2.40. The fraction of sp³-hybridized carbons (Fsp3) is 0.200. The molecule has 0 aliphatic heterocycles. The van der Waals surface area contributed by atoms with E-state index in [9.17, 15) is 0 Å². The SMILES string of the molecule is CCSc1nnc(-c2ccco2)n1-c1ccc(C)cc1. The average Bonchev–Trinajstić information content (AvgIpc) is 3.09. The maximum atomic E-state index is 5.46. The topological polar surface area (TPSA) is 43.9 Å². The Hall–Kier alpha value is -2.01. The Morgan fingerprint density at radius 1 is 1.15 bits per heavy atom. The van der Waals surface area contributed by atoms with Crippen molar-refractivity contribution in [1.29, 1.82) is 0 Å². The van der Waals surface area contributed by atoms with Crippen LogP contribution in [0.4, 0.5) is 0 Å². The summed E-state index contributed by atoms with van der Waals surface area (Å²) in [5, 5.41) is 9.43. The summed E-state index contributed by atoms with van der Waals surface area (Å²) in [6.45, 7) is 4.18. The summed E-state index contributed by atoms with van der Waals surface area (Å²) in [4.78, 5) is 0. The largest absolute Gasteiger partial charge is 0.461 e. The Kier molecular flexibility index (Phi) is 3.60. The molecule has 3 rings (SSSR count). The fourth-order valence-electron chi connectivity index (χ4n) is 1.98. The number of aryl methyl sites for hydroxylation is 1. The molecule has 2 aromatic heterocycles. The predicted molar refractivity (Wildman–Crippen MR) is 80.2 cm³/mol. The first-order valence-corrected chi connectivity index (χ1v) is 7.47. The van der Waals surface area contributed by atoms with Crippen molar-refractivity contribution in [2.24, 2.45) is 0 Å². The van der Waals surface area contributed by atoms with Crippen molar-refractivity contribution < 1.29 is 4.42 Å². The second-order valence-electron chi connectivity index (χ2n) is 4.39. The minimum absolute atomic E-state index is 0.723. The zero-order chi connectivity index (χ0) is 13.9. The lowest BCUT2D eigenvalue weighted by Crippen LogP contribution is -1.99. The van der Waals surface area contributed by atoms with E-state index in [4.69, 9.17) is 4.42 Å². The first-order chi connectivity index (χ1) is 9.79. The molecule has 1 aromatic carbocycles. The smallest absolute Gasteiger partial charge is 0.205 e. The molecule has 0 saturated carbocycles. The second-order valence-corrected chi connectivity index (χ2v) is 5.62. The standard InChI is InChI=1S/C15H15N3OS/c1-3-20-15-17-16-14(13-5-4-10-19-13)18(15)12-8-6-11(2)7-9-12/h4-10H,3H2,1-2H3. The summed E-state index contributed by atoms with van der Waals surface area (Å²) in [6.07, 6.45) is 1.65. The van der Waals surface area contributed by atoms with Crippen molar-refractivity contribution in [3.63, 3.8) is 0 Å². The molecule has 0 amide bonds. The van der Waals surface area contributed by atoms with Gasteiger partial charge in [0.1, 0.15) is 0 Å². The van der Waals surface area contributed by atoms with Gasteiger partial charge in [-0.2, -0.15) is 0 Å². The van der Waals surface area contributed by atoms with Gasteiger partial charge in [0.05, 0.1) is 6.26 Å². The van der Waals surface area contributed by atoms with Gasteiger partial charge < -0.3 is 4.42 Å². The van der Waals surface area contributed by atoms with Crippen molar-refractivity contribution in [2.75, 3.05) is 5.75 Å². The number of thioether (sulfide) groups is 1. The van der Waals surface area contributed by atoms with E-state index in [1.807, 2.05) is 16.7 Å². The quantitative estimate of drug-likeness (QED) is 0.681. The van der Waals surface area contributed by atoms with E-state index in [1.165, 1.54) is 5.56 Å². The minimum atomic E-state index is 0.723. The van der Waals surface area contributed by atoms with Crippen LogP contribution in [0.3, 0.4) is 0 Å². The Bertz CT molecular complexity index is 686. The van der Waals surface area contributed by atoms with Crippen LogP contribution in [0.2, 0.25) is 0 Å². The Morgan fingerprint density at radius 2 is 1.95 bits per heavy atom. The summed E-state index contributed by atoms with van der Waals surface area (Å²) in [6, 6.07) is 12.1. The van der Waals surface area contributed by atoms with E-state index in [-0.39, 0.29) is 0 Å². The number of hydrogen-bond acceptors (Lipinski definition) is 4. The molecule has 0 fully saturated rings. The van der Waals surface area contributed by atoms with Crippen molar-refractivity contribution in [3.05, 3.63) is 48.2 Å². The second kappa shape index (κ2) is 5.54. The highest BCUT2D eigenvalue weighted by Crippen LogP contribution is 2.28. The summed E-state index contributed by atoms with van der Waals surface area (Å²) >= 11 is 1.67. The van der Waals surface area contributed by atoms with Crippen LogP contribution in [0.5, 0.6) is 0 Å². The molecular formula is C15H15N3OS. The van der Waals surface area contributed by atoms with E-state index in [1.54, 1.807) is 18.0 Å². The molecule has 0 bridgehead atoms. The summed E-state index contributed by atoms with van der Waals surface area (Å²) in [7, 11) is 0. The van der Waals surface area contributed by atoms with Gasteiger partial charge >= 0.3 is 0 Å². The van der Waals surface area contributed by atoms with E-state index in [0.29, 0.717) is 0 Å². The lowest BCUT2D eigenvalue weighted by molar-refractivity contribution is 0.575. The van der Waals surface area contributed by atoms with Crippen LogP contribution < -0.4 is 0 Å². The third-order valence-electron chi connectivity index (χ3n) is 2.94. The monoisotopic (exact) mass is 285 g/mol. The van der Waals surface area contributed by atoms with Gasteiger partial charge in [-0.1, -0.05) is 36.4 Å². The van der Waals surface area contributed by atoms with Crippen LogP contribution >= 0.6 is 11.8 Å². The highest BCUT2D eigenvalue weighted by atomic mass is 32.2. The van der Waals surface area contributed by atoms with E-state index in [0.717, 1.165) is 28.2 Å². The van der Waals surface area contributed by atoms with Gasteiger partial charge in [-0.05, 0) is 36.9 Å². The Labute approximate surface area is 121 Å². The van der Waals surface area contributed by atoms with Crippen molar-refractivity contribution >= 4 is 11.8 Å². The zero-order valence-corrected chi connectivity index (χ0v) is 12.2. The molecule has 0 aliphatic carbocycles. The van der Waals surface area contributed by atoms with Gasteiger partial charge in [0.25, 0.3) is 0 Å². The molecule has 0 N–H and O–H groups in total. The lowest BCUT2D eigenvalue weighted by Gasteiger charge is -2.08. The average molecular weight is 285 g/mol. The highest BCUT2D eigenvalue weighted by Gasteiger charge is 2.17. The number of hydrogen-bond donors (Lipinski definition) is 0. The molecule has 0 spiro atoms. The normalized spacial score (nSPS) is 10.9. The summed E-state index contributed by atoms with van der Waals surface area (Å²) in [5.41, 5.74) is 2.27. The van der Waals surface area contributed by atoms with Gasteiger partial charge in [0.2, 0.25) is 5.82 Å². The van der Waals surface area contributed by atoms with Gasteiger partial charge in [-0.3, -0.25) is 4.57 Å². The number of benzene rings is 1. The maximum Gasteiger partial charge on any atom is 0.205 e. The molecule has 5 heteroatoms. The maximum absolute atomic E-state index is 5.46. The summed E-state index contributed by atoms with van der Waals surface area (Å²) < 4.78 is 7.50. The number of nitrogens with zero attached hydrogens (tertiary/aromatic N) is 3. The molecule has 0 saturated heterocycles. The Morgan fingerprint density at radius 3 is 2.60 bits per heavy atom. The fourth-order valence-corrected chi connectivity index (χ4v) is 2.66. The third kappa shape index (κ3) is 2.36. The lowest BCUT2D eigenvalue weighted by atomic mass is 10.2. The van der Waals surface area contributed by atoms with Gasteiger partial charge in [-0.25, -0.2) is 0 Å².